The standard InChI is InChI=1S/C23H25NO3/c1-2-3-6-10-24-14-17-7-4-5-8-18(17)23(22(24)25)15-27-21-12-16-9-11-26-20(16)13-19(21)23/h4-5,7-8,12-13H,2-3,6,9-11,14-15H2,1H3. The number of ether oxygens (including phenoxy) is 2. The fraction of sp³-hybridized carbons (Fsp3) is 0.435. The van der Waals surface area contributed by atoms with Crippen LogP contribution in [0.2, 0.25) is 0 Å². The Labute approximate surface area is 160 Å². The maximum Gasteiger partial charge on any atom is 0.241 e. The zero-order valence-corrected chi connectivity index (χ0v) is 15.8. The fourth-order valence-corrected chi connectivity index (χ4v) is 4.79. The van der Waals surface area contributed by atoms with E-state index in [-0.39, 0.29) is 5.91 Å². The summed E-state index contributed by atoms with van der Waals surface area (Å²) in [6, 6.07) is 12.5. The van der Waals surface area contributed by atoms with Crippen molar-refractivity contribution in [2.75, 3.05) is 19.8 Å². The molecule has 0 saturated carbocycles. The van der Waals surface area contributed by atoms with E-state index in [2.05, 4.69) is 37.3 Å². The third-order valence-electron chi connectivity index (χ3n) is 6.22. The van der Waals surface area contributed by atoms with Crippen LogP contribution in [-0.2, 0) is 23.2 Å². The summed E-state index contributed by atoms with van der Waals surface area (Å²) in [5, 5.41) is 0. The molecule has 1 unspecified atom stereocenters. The first-order chi connectivity index (χ1) is 13.2. The first kappa shape index (κ1) is 16.7. The van der Waals surface area contributed by atoms with E-state index in [1.165, 1.54) is 11.1 Å². The van der Waals surface area contributed by atoms with Gasteiger partial charge in [-0.1, -0.05) is 44.0 Å². The van der Waals surface area contributed by atoms with E-state index in [1.807, 2.05) is 11.0 Å². The van der Waals surface area contributed by atoms with E-state index in [0.29, 0.717) is 19.8 Å². The summed E-state index contributed by atoms with van der Waals surface area (Å²) in [5.41, 5.74) is 3.74. The second-order valence-corrected chi connectivity index (χ2v) is 7.84. The maximum absolute atomic E-state index is 13.8. The van der Waals surface area contributed by atoms with E-state index in [9.17, 15) is 4.79 Å². The molecule has 3 aliphatic heterocycles. The van der Waals surface area contributed by atoms with Crippen LogP contribution in [0.3, 0.4) is 0 Å². The highest BCUT2D eigenvalue weighted by Crippen LogP contribution is 2.50. The molecule has 0 radical (unpaired) electrons. The lowest BCUT2D eigenvalue weighted by molar-refractivity contribution is -0.138. The summed E-state index contributed by atoms with van der Waals surface area (Å²) in [5.74, 6) is 1.93. The van der Waals surface area contributed by atoms with Crippen LogP contribution < -0.4 is 9.47 Å². The summed E-state index contributed by atoms with van der Waals surface area (Å²) in [4.78, 5) is 15.8. The topological polar surface area (TPSA) is 38.8 Å². The summed E-state index contributed by atoms with van der Waals surface area (Å²) in [6.07, 6.45) is 4.25. The van der Waals surface area contributed by atoms with Crippen molar-refractivity contribution in [3.8, 4) is 11.5 Å². The number of benzene rings is 2. The van der Waals surface area contributed by atoms with Crippen molar-refractivity contribution in [3.05, 3.63) is 58.7 Å². The lowest BCUT2D eigenvalue weighted by Gasteiger charge is -2.40. The van der Waals surface area contributed by atoms with Crippen LogP contribution in [0.5, 0.6) is 11.5 Å². The molecule has 0 aromatic heterocycles. The summed E-state index contributed by atoms with van der Waals surface area (Å²) < 4.78 is 11.9. The minimum atomic E-state index is -0.739. The van der Waals surface area contributed by atoms with Crippen LogP contribution in [0.15, 0.2) is 36.4 Å². The van der Waals surface area contributed by atoms with Crippen LogP contribution >= 0.6 is 0 Å². The third kappa shape index (κ3) is 2.39. The van der Waals surface area contributed by atoms with Gasteiger partial charge in [0.15, 0.2) is 0 Å². The van der Waals surface area contributed by atoms with Gasteiger partial charge in [-0.05, 0) is 29.7 Å². The van der Waals surface area contributed by atoms with Crippen molar-refractivity contribution in [1.82, 2.24) is 4.90 Å². The van der Waals surface area contributed by atoms with Crippen LogP contribution in [0.25, 0.3) is 0 Å². The summed E-state index contributed by atoms with van der Waals surface area (Å²) >= 11 is 0. The first-order valence-corrected chi connectivity index (χ1v) is 10.0. The monoisotopic (exact) mass is 363 g/mol. The highest BCUT2D eigenvalue weighted by molar-refractivity contribution is 5.96. The molecule has 3 heterocycles. The van der Waals surface area contributed by atoms with Gasteiger partial charge in [0.25, 0.3) is 0 Å². The van der Waals surface area contributed by atoms with Crippen molar-refractivity contribution in [2.24, 2.45) is 0 Å². The van der Waals surface area contributed by atoms with E-state index in [4.69, 9.17) is 9.47 Å². The van der Waals surface area contributed by atoms with E-state index < -0.39 is 5.41 Å². The summed E-state index contributed by atoms with van der Waals surface area (Å²) in [6.45, 7) is 4.78. The molecule has 27 heavy (non-hydrogen) atoms. The average molecular weight is 363 g/mol. The largest absolute Gasteiger partial charge is 0.493 e. The number of carbonyl (C=O) groups excluding carboxylic acids is 1. The molecule has 2 aromatic carbocycles. The lowest BCUT2D eigenvalue weighted by Crippen LogP contribution is -2.52. The van der Waals surface area contributed by atoms with E-state index >= 15 is 0 Å². The molecule has 4 nitrogen and oxygen atoms in total. The molecule has 0 bridgehead atoms. The molecule has 1 atom stereocenters. The molecule has 4 heteroatoms. The Balaban J connectivity index is 1.64. The third-order valence-corrected chi connectivity index (χ3v) is 6.22. The molecular formula is C23H25NO3. The Morgan fingerprint density at radius 2 is 1.93 bits per heavy atom. The number of hydrogen-bond acceptors (Lipinski definition) is 3. The molecule has 2 aromatic rings. The Hall–Kier alpha value is -2.49. The smallest absolute Gasteiger partial charge is 0.241 e. The van der Waals surface area contributed by atoms with E-state index in [0.717, 1.165) is 54.9 Å². The fourth-order valence-electron chi connectivity index (χ4n) is 4.79. The first-order valence-electron chi connectivity index (χ1n) is 10.0. The number of carbonyl (C=O) groups is 1. The van der Waals surface area contributed by atoms with Crippen molar-refractivity contribution >= 4 is 5.91 Å². The van der Waals surface area contributed by atoms with E-state index in [1.54, 1.807) is 0 Å². The van der Waals surface area contributed by atoms with Gasteiger partial charge in [-0.25, -0.2) is 0 Å². The molecule has 5 rings (SSSR count). The van der Waals surface area contributed by atoms with Crippen molar-refractivity contribution in [1.29, 1.82) is 0 Å². The van der Waals surface area contributed by atoms with Gasteiger partial charge in [-0.2, -0.15) is 0 Å². The number of rotatable bonds is 4. The minimum absolute atomic E-state index is 0.175. The number of fused-ring (bicyclic) bond motifs is 5. The van der Waals surface area contributed by atoms with Gasteiger partial charge >= 0.3 is 0 Å². The zero-order valence-electron chi connectivity index (χ0n) is 15.8. The van der Waals surface area contributed by atoms with Crippen LogP contribution in [-0.4, -0.2) is 30.6 Å². The molecule has 0 saturated heterocycles. The molecule has 0 aliphatic carbocycles. The second kappa shape index (κ2) is 6.29. The number of hydrogen-bond donors (Lipinski definition) is 0. The summed E-state index contributed by atoms with van der Waals surface area (Å²) in [7, 11) is 0. The van der Waals surface area contributed by atoms with Gasteiger partial charge in [-0.15, -0.1) is 0 Å². The zero-order chi connectivity index (χ0) is 18.4. The Bertz CT molecular complexity index is 906. The number of unbranched alkanes of at least 4 members (excludes halogenated alkanes) is 2. The number of nitrogens with zero attached hydrogens (tertiary/aromatic N) is 1. The van der Waals surface area contributed by atoms with Crippen molar-refractivity contribution < 1.29 is 14.3 Å². The quantitative estimate of drug-likeness (QED) is 0.775. The van der Waals surface area contributed by atoms with Crippen molar-refractivity contribution in [3.63, 3.8) is 0 Å². The maximum atomic E-state index is 13.8. The molecule has 140 valence electrons. The Morgan fingerprint density at radius 1 is 1.04 bits per heavy atom. The normalized spacial score (nSPS) is 22.3. The predicted molar refractivity (Wildman–Crippen MR) is 103 cm³/mol. The highest BCUT2D eigenvalue weighted by atomic mass is 16.5. The second-order valence-electron chi connectivity index (χ2n) is 7.84. The Morgan fingerprint density at radius 3 is 2.81 bits per heavy atom. The minimum Gasteiger partial charge on any atom is -0.493 e. The van der Waals surface area contributed by atoms with Gasteiger partial charge in [0, 0.05) is 30.6 Å². The van der Waals surface area contributed by atoms with Crippen LogP contribution in [0, 0.1) is 0 Å². The lowest BCUT2D eigenvalue weighted by atomic mass is 9.70. The van der Waals surface area contributed by atoms with Gasteiger partial charge in [0.05, 0.1) is 6.61 Å². The average Bonchev–Trinajstić information content (AvgIpc) is 3.29. The van der Waals surface area contributed by atoms with Gasteiger partial charge in [0.2, 0.25) is 5.91 Å². The predicted octanol–water partition coefficient (Wildman–Crippen LogP) is 3.83. The molecule has 0 fully saturated rings. The highest BCUT2D eigenvalue weighted by Gasteiger charge is 2.54. The van der Waals surface area contributed by atoms with Gasteiger partial charge in [0.1, 0.15) is 23.5 Å². The van der Waals surface area contributed by atoms with Gasteiger partial charge in [-0.3, -0.25) is 4.79 Å². The Kier molecular flexibility index (Phi) is 3.88. The molecule has 1 spiro atoms. The van der Waals surface area contributed by atoms with Crippen LogP contribution in [0.1, 0.15) is 48.4 Å². The molecule has 0 N–H and O–H groups in total. The van der Waals surface area contributed by atoms with Crippen molar-refractivity contribution in [2.45, 2.75) is 44.6 Å². The van der Waals surface area contributed by atoms with Gasteiger partial charge < -0.3 is 14.4 Å². The number of amides is 1. The SMILES string of the molecule is CCCCCN1Cc2ccccc2C2(COc3cc4c(cc32)OCC4)C1=O. The molecule has 1 amide bonds. The molecule has 3 aliphatic rings. The van der Waals surface area contributed by atoms with Crippen LogP contribution in [0.4, 0.5) is 0 Å². The molecular weight excluding hydrogens is 338 g/mol.